The number of benzene rings is 1. The molecule has 124 valence electrons. The van der Waals surface area contributed by atoms with E-state index in [1.54, 1.807) is 11.8 Å². The Labute approximate surface area is 145 Å². The summed E-state index contributed by atoms with van der Waals surface area (Å²) in [7, 11) is 0. The summed E-state index contributed by atoms with van der Waals surface area (Å²) in [6.45, 7) is 4.27. The van der Waals surface area contributed by atoms with Gasteiger partial charge in [-0.1, -0.05) is 44.2 Å². The molecule has 2 aromatic rings. The fraction of sp³-hybridized carbons (Fsp3) is 0.412. The molecule has 0 spiro atoms. The average molecular weight is 350 g/mol. The maximum absolute atomic E-state index is 12.2. The molecule has 0 radical (unpaired) electrons. The lowest BCUT2D eigenvalue weighted by Gasteiger charge is -2.09. The molecular formula is C17H23N3OS2. The number of nitrogens with zero attached hydrogens (tertiary/aromatic N) is 1. The van der Waals surface area contributed by atoms with Crippen LogP contribution < -0.4 is 11.1 Å². The molecule has 3 N–H and O–H groups in total. The molecule has 6 heteroatoms. The highest BCUT2D eigenvalue weighted by Gasteiger charge is 2.19. The summed E-state index contributed by atoms with van der Waals surface area (Å²) in [6, 6.07) is 9.56. The van der Waals surface area contributed by atoms with Crippen molar-refractivity contribution < 1.29 is 4.79 Å². The third-order valence-corrected chi connectivity index (χ3v) is 5.34. The number of hydrogen-bond acceptors (Lipinski definition) is 5. The highest BCUT2D eigenvalue weighted by atomic mass is 32.2. The van der Waals surface area contributed by atoms with E-state index in [2.05, 4.69) is 24.1 Å². The monoisotopic (exact) mass is 349 g/mol. The standard InChI is InChI=1S/C17H23N3OS2/c1-11(2)15-14(12-7-5-4-6-8-12)19-17(23-15)20-16(21)13(18)9-10-22-3/h4-8,11,13H,9-10,18H2,1-3H3,(H,19,20,21)/t13-/m0/s1. The molecule has 0 saturated carbocycles. The number of anilines is 1. The quantitative estimate of drug-likeness (QED) is 0.794. The number of hydrogen-bond donors (Lipinski definition) is 2. The van der Waals surface area contributed by atoms with Gasteiger partial charge in [0.05, 0.1) is 11.7 Å². The van der Waals surface area contributed by atoms with Crippen molar-refractivity contribution >= 4 is 34.1 Å². The van der Waals surface area contributed by atoms with Gasteiger partial charge in [-0.25, -0.2) is 4.98 Å². The number of aromatic nitrogens is 1. The molecule has 0 aliphatic carbocycles. The Balaban J connectivity index is 2.19. The lowest BCUT2D eigenvalue weighted by Crippen LogP contribution is -2.36. The van der Waals surface area contributed by atoms with Gasteiger partial charge in [0.1, 0.15) is 0 Å². The van der Waals surface area contributed by atoms with Crippen LogP contribution in [0.15, 0.2) is 30.3 Å². The maximum Gasteiger partial charge on any atom is 0.243 e. The van der Waals surface area contributed by atoms with Crippen LogP contribution in [-0.2, 0) is 4.79 Å². The van der Waals surface area contributed by atoms with E-state index >= 15 is 0 Å². The molecule has 0 bridgehead atoms. The van der Waals surface area contributed by atoms with Gasteiger partial charge in [-0.2, -0.15) is 11.8 Å². The first kappa shape index (κ1) is 18.0. The van der Waals surface area contributed by atoms with Gasteiger partial charge in [-0.3, -0.25) is 4.79 Å². The molecule has 4 nitrogen and oxygen atoms in total. The first-order valence-electron chi connectivity index (χ1n) is 7.64. The van der Waals surface area contributed by atoms with E-state index in [0.29, 0.717) is 17.5 Å². The van der Waals surface area contributed by atoms with Crippen LogP contribution in [0.3, 0.4) is 0 Å². The summed E-state index contributed by atoms with van der Waals surface area (Å²) in [4.78, 5) is 18.0. The molecule has 23 heavy (non-hydrogen) atoms. The molecule has 0 aliphatic rings. The van der Waals surface area contributed by atoms with Gasteiger partial charge in [0.15, 0.2) is 5.13 Å². The van der Waals surface area contributed by atoms with Crippen molar-refractivity contribution in [3.63, 3.8) is 0 Å². The van der Waals surface area contributed by atoms with Crippen LogP contribution in [-0.4, -0.2) is 28.9 Å². The van der Waals surface area contributed by atoms with E-state index in [1.165, 1.54) is 16.2 Å². The van der Waals surface area contributed by atoms with Crippen LogP contribution in [0.2, 0.25) is 0 Å². The molecular weight excluding hydrogens is 326 g/mol. The number of carbonyl (C=O) groups excluding carboxylic acids is 1. The SMILES string of the molecule is CSCC[C@H](N)C(=O)Nc1nc(-c2ccccc2)c(C(C)C)s1. The Bertz CT molecular complexity index is 641. The van der Waals surface area contributed by atoms with Crippen LogP contribution in [0.5, 0.6) is 0 Å². The van der Waals surface area contributed by atoms with E-state index in [4.69, 9.17) is 5.73 Å². The lowest BCUT2D eigenvalue weighted by molar-refractivity contribution is -0.117. The van der Waals surface area contributed by atoms with Crippen LogP contribution >= 0.6 is 23.1 Å². The van der Waals surface area contributed by atoms with E-state index < -0.39 is 6.04 Å². The van der Waals surface area contributed by atoms with Gasteiger partial charge in [0.25, 0.3) is 0 Å². The third-order valence-electron chi connectivity index (χ3n) is 3.42. The zero-order chi connectivity index (χ0) is 16.8. The van der Waals surface area contributed by atoms with E-state index in [1.807, 2.05) is 36.6 Å². The number of rotatable bonds is 7. The van der Waals surface area contributed by atoms with Crippen molar-refractivity contribution in [1.29, 1.82) is 0 Å². The molecule has 0 fully saturated rings. The molecule has 0 saturated heterocycles. The summed E-state index contributed by atoms with van der Waals surface area (Å²) in [5.74, 6) is 1.06. The van der Waals surface area contributed by atoms with Gasteiger partial charge >= 0.3 is 0 Å². The predicted octanol–water partition coefficient (Wildman–Crippen LogP) is 3.95. The smallest absolute Gasteiger partial charge is 0.243 e. The fourth-order valence-corrected chi connectivity index (χ4v) is 3.64. The molecule has 1 amide bonds. The minimum Gasteiger partial charge on any atom is -0.320 e. The van der Waals surface area contributed by atoms with Crippen LogP contribution in [0, 0.1) is 0 Å². The zero-order valence-electron chi connectivity index (χ0n) is 13.7. The average Bonchev–Trinajstić information content (AvgIpc) is 2.97. The van der Waals surface area contributed by atoms with Gasteiger partial charge in [0, 0.05) is 10.4 Å². The first-order chi connectivity index (χ1) is 11.0. The summed E-state index contributed by atoms with van der Waals surface area (Å²) in [5.41, 5.74) is 7.93. The number of carbonyl (C=O) groups is 1. The van der Waals surface area contributed by atoms with Crippen molar-refractivity contribution in [3.05, 3.63) is 35.2 Å². The van der Waals surface area contributed by atoms with Crippen molar-refractivity contribution in [3.8, 4) is 11.3 Å². The van der Waals surface area contributed by atoms with Crippen molar-refractivity contribution in [2.24, 2.45) is 5.73 Å². The molecule has 2 rings (SSSR count). The van der Waals surface area contributed by atoms with E-state index in [0.717, 1.165) is 17.0 Å². The van der Waals surface area contributed by atoms with Crippen LogP contribution in [0.25, 0.3) is 11.3 Å². The number of nitrogens with two attached hydrogens (primary N) is 1. The number of thioether (sulfide) groups is 1. The Kier molecular flexibility index (Phi) is 6.62. The normalized spacial score (nSPS) is 12.4. The van der Waals surface area contributed by atoms with E-state index in [9.17, 15) is 4.79 Å². The van der Waals surface area contributed by atoms with Crippen LogP contribution in [0.4, 0.5) is 5.13 Å². The van der Waals surface area contributed by atoms with Gasteiger partial charge < -0.3 is 11.1 Å². The summed E-state index contributed by atoms with van der Waals surface area (Å²) in [5, 5.41) is 3.49. The topological polar surface area (TPSA) is 68.0 Å². The lowest BCUT2D eigenvalue weighted by atomic mass is 10.1. The molecule has 1 atom stereocenters. The number of nitrogens with one attached hydrogen (secondary N) is 1. The summed E-state index contributed by atoms with van der Waals surface area (Å²) < 4.78 is 0. The minimum absolute atomic E-state index is 0.164. The highest BCUT2D eigenvalue weighted by Crippen LogP contribution is 2.36. The second-order valence-corrected chi connectivity index (χ2v) is 7.65. The third kappa shape index (κ3) is 4.80. The number of thiazole rings is 1. The van der Waals surface area contributed by atoms with Gasteiger partial charge in [-0.15, -0.1) is 11.3 Å². The molecule has 1 aromatic heterocycles. The zero-order valence-corrected chi connectivity index (χ0v) is 15.3. The minimum atomic E-state index is -0.492. The van der Waals surface area contributed by atoms with Crippen molar-refractivity contribution in [1.82, 2.24) is 4.98 Å². The molecule has 1 aromatic carbocycles. The Morgan fingerprint density at radius 2 is 2.04 bits per heavy atom. The molecule has 1 heterocycles. The van der Waals surface area contributed by atoms with Crippen molar-refractivity contribution in [2.75, 3.05) is 17.3 Å². The molecule has 0 unspecified atom stereocenters. The van der Waals surface area contributed by atoms with Gasteiger partial charge in [0.2, 0.25) is 5.91 Å². The van der Waals surface area contributed by atoms with Gasteiger partial charge in [-0.05, 0) is 24.3 Å². The Hall–Kier alpha value is -1.37. The first-order valence-corrected chi connectivity index (χ1v) is 9.85. The Morgan fingerprint density at radius 1 is 1.35 bits per heavy atom. The Morgan fingerprint density at radius 3 is 2.65 bits per heavy atom. The van der Waals surface area contributed by atoms with Crippen LogP contribution in [0.1, 0.15) is 31.1 Å². The van der Waals surface area contributed by atoms with E-state index in [-0.39, 0.29) is 5.91 Å². The largest absolute Gasteiger partial charge is 0.320 e. The highest BCUT2D eigenvalue weighted by molar-refractivity contribution is 7.98. The van der Waals surface area contributed by atoms with Crippen molar-refractivity contribution in [2.45, 2.75) is 32.2 Å². The summed E-state index contributed by atoms with van der Waals surface area (Å²) >= 11 is 3.22. The fourth-order valence-electron chi connectivity index (χ4n) is 2.15. The second kappa shape index (κ2) is 8.47. The summed E-state index contributed by atoms with van der Waals surface area (Å²) in [6.07, 6.45) is 2.67. The maximum atomic E-state index is 12.2. The second-order valence-electron chi connectivity index (χ2n) is 5.63. The molecule has 0 aliphatic heterocycles. The number of amides is 1. The predicted molar refractivity (Wildman–Crippen MR) is 101 cm³/mol.